The van der Waals surface area contributed by atoms with Crippen molar-refractivity contribution in [2.75, 3.05) is 31.1 Å². The molecule has 3 unspecified atom stereocenters. The molecule has 0 bridgehead atoms. The van der Waals surface area contributed by atoms with Crippen LogP contribution in [-0.2, 0) is 10.8 Å². The topological polar surface area (TPSA) is 32.3 Å². The lowest BCUT2D eigenvalue weighted by Crippen LogP contribution is -2.59. The van der Waals surface area contributed by atoms with Gasteiger partial charge in [0, 0.05) is 54.0 Å². The number of nitrogens with one attached hydrogen (secondary N) is 1. The lowest BCUT2D eigenvalue weighted by Gasteiger charge is -2.44. The van der Waals surface area contributed by atoms with Crippen LogP contribution in [0.4, 0.5) is 0 Å². The van der Waals surface area contributed by atoms with Crippen LogP contribution in [0.2, 0.25) is 0 Å². The minimum absolute atomic E-state index is 0.294. The molecule has 0 aliphatic carbocycles. The smallest absolute Gasteiger partial charge is 0.0362 e. The molecule has 1 saturated heterocycles. The summed E-state index contributed by atoms with van der Waals surface area (Å²) in [4.78, 5) is 2.49. The van der Waals surface area contributed by atoms with Crippen molar-refractivity contribution in [1.82, 2.24) is 10.2 Å². The van der Waals surface area contributed by atoms with Gasteiger partial charge in [-0.1, -0.05) is 27.7 Å². The van der Waals surface area contributed by atoms with E-state index in [4.69, 9.17) is 0 Å². The fraction of sp³-hybridized carbons (Fsp3) is 1.00. The van der Waals surface area contributed by atoms with Crippen LogP contribution < -0.4 is 5.32 Å². The van der Waals surface area contributed by atoms with Crippen molar-refractivity contribution >= 4 is 10.8 Å². The summed E-state index contributed by atoms with van der Waals surface area (Å²) in [5.41, 5.74) is 0.294. The molecule has 102 valence electrons. The molecule has 1 aliphatic rings. The van der Waals surface area contributed by atoms with Crippen LogP contribution >= 0.6 is 0 Å². The zero-order valence-corrected chi connectivity index (χ0v) is 12.8. The number of hydrogen-bond acceptors (Lipinski definition) is 3. The molecule has 0 radical (unpaired) electrons. The van der Waals surface area contributed by atoms with Gasteiger partial charge in [0.25, 0.3) is 0 Å². The molecule has 1 fully saturated rings. The van der Waals surface area contributed by atoms with Gasteiger partial charge in [-0.05, 0) is 12.3 Å². The maximum absolute atomic E-state index is 11.5. The highest BCUT2D eigenvalue weighted by molar-refractivity contribution is 7.84. The van der Waals surface area contributed by atoms with Gasteiger partial charge in [0.05, 0.1) is 0 Å². The van der Waals surface area contributed by atoms with E-state index in [9.17, 15) is 4.21 Å². The van der Waals surface area contributed by atoms with Crippen LogP contribution in [0.5, 0.6) is 0 Å². The van der Waals surface area contributed by atoms with Gasteiger partial charge in [0.15, 0.2) is 0 Å². The largest absolute Gasteiger partial charge is 0.311 e. The van der Waals surface area contributed by atoms with Crippen molar-refractivity contribution in [3.8, 4) is 0 Å². The Hall–Kier alpha value is 0.0700. The maximum atomic E-state index is 11.5. The van der Waals surface area contributed by atoms with E-state index in [1.165, 1.54) is 0 Å². The van der Waals surface area contributed by atoms with Crippen LogP contribution in [-0.4, -0.2) is 52.3 Å². The third kappa shape index (κ3) is 4.68. The molecule has 4 heteroatoms. The molecule has 0 amide bonds. The van der Waals surface area contributed by atoms with Crippen molar-refractivity contribution < 1.29 is 4.21 Å². The summed E-state index contributed by atoms with van der Waals surface area (Å²) in [5.74, 6) is 1.60. The van der Waals surface area contributed by atoms with E-state index in [1.807, 2.05) is 6.92 Å². The number of rotatable bonds is 4. The summed E-state index contributed by atoms with van der Waals surface area (Å²) in [5, 5.41) is 3.62. The van der Waals surface area contributed by atoms with Gasteiger partial charge >= 0.3 is 0 Å². The molecule has 0 aromatic rings. The molecule has 1 rings (SSSR count). The van der Waals surface area contributed by atoms with Gasteiger partial charge in [-0.2, -0.15) is 0 Å². The maximum Gasteiger partial charge on any atom is 0.0362 e. The van der Waals surface area contributed by atoms with E-state index in [-0.39, 0.29) is 0 Å². The first-order valence-corrected chi connectivity index (χ1v) is 8.15. The van der Waals surface area contributed by atoms with E-state index < -0.39 is 10.8 Å². The molecule has 1 N–H and O–H groups in total. The van der Waals surface area contributed by atoms with Gasteiger partial charge in [0.1, 0.15) is 0 Å². The molecule has 1 heterocycles. The van der Waals surface area contributed by atoms with E-state index in [0.29, 0.717) is 17.5 Å². The Morgan fingerprint density at radius 2 is 2.06 bits per heavy atom. The van der Waals surface area contributed by atoms with Crippen LogP contribution in [0.25, 0.3) is 0 Å². The average molecular weight is 260 g/mol. The normalized spacial score (nSPS) is 29.2. The molecule has 17 heavy (non-hydrogen) atoms. The predicted molar refractivity (Wildman–Crippen MR) is 75.8 cm³/mol. The van der Waals surface area contributed by atoms with E-state index in [0.717, 1.165) is 31.1 Å². The standard InChI is InChI=1S/C13H28N2OS/c1-6-17(16)8-7-15-10-12(13(3,4)5)14-9-11(15)2/h11-12,14H,6-10H2,1-5H3. The van der Waals surface area contributed by atoms with Crippen LogP contribution in [0.3, 0.4) is 0 Å². The first-order valence-electron chi connectivity index (χ1n) is 6.67. The minimum atomic E-state index is -0.638. The van der Waals surface area contributed by atoms with Crippen molar-refractivity contribution in [2.24, 2.45) is 5.41 Å². The Kier molecular flexibility index (Phi) is 5.61. The summed E-state index contributed by atoms with van der Waals surface area (Å²) >= 11 is 0. The molecule has 1 aliphatic heterocycles. The van der Waals surface area contributed by atoms with E-state index in [2.05, 4.69) is 37.9 Å². The average Bonchev–Trinajstić information content (AvgIpc) is 2.26. The second-order valence-electron chi connectivity index (χ2n) is 6.10. The number of hydrogen-bond donors (Lipinski definition) is 1. The summed E-state index contributed by atoms with van der Waals surface area (Å²) in [6, 6.07) is 1.09. The highest BCUT2D eigenvalue weighted by atomic mass is 32.2. The van der Waals surface area contributed by atoms with Gasteiger partial charge < -0.3 is 5.32 Å². The molecule has 0 saturated carbocycles. The fourth-order valence-corrected chi connectivity index (χ4v) is 2.90. The summed E-state index contributed by atoms with van der Waals surface area (Å²) in [6.07, 6.45) is 0. The van der Waals surface area contributed by atoms with Gasteiger partial charge in [-0.3, -0.25) is 9.11 Å². The molecule has 3 nitrogen and oxygen atoms in total. The van der Waals surface area contributed by atoms with Gasteiger partial charge in [-0.25, -0.2) is 0 Å². The highest BCUT2D eigenvalue weighted by Crippen LogP contribution is 2.23. The second-order valence-corrected chi connectivity index (χ2v) is 7.97. The third-order valence-corrected chi connectivity index (χ3v) is 4.96. The summed E-state index contributed by atoms with van der Waals surface area (Å²) in [7, 11) is -0.638. The summed E-state index contributed by atoms with van der Waals surface area (Å²) < 4.78 is 11.5. The van der Waals surface area contributed by atoms with E-state index in [1.54, 1.807) is 0 Å². The molecule has 0 aromatic carbocycles. The predicted octanol–water partition coefficient (Wildman–Crippen LogP) is 1.46. The third-order valence-electron chi connectivity index (χ3n) is 3.67. The van der Waals surface area contributed by atoms with E-state index >= 15 is 0 Å². The number of piperazine rings is 1. The Morgan fingerprint density at radius 3 is 2.59 bits per heavy atom. The molecule has 3 atom stereocenters. The zero-order valence-electron chi connectivity index (χ0n) is 12.0. The second kappa shape index (κ2) is 6.30. The Bertz CT molecular complexity index is 263. The Labute approximate surface area is 109 Å². The molecular weight excluding hydrogens is 232 g/mol. The number of nitrogens with zero attached hydrogens (tertiary/aromatic N) is 1. The van der Waals surface area contributed by atoms with Crippen LogP contribution in [0, 0.1) is 5.41 Å². The van der Waals surface area contributed by atoms with Gasteiger partial charge in [-0.15, -0.1) is 0 Å². The van der Waals surface area contributed by atoms with Crippen molar-refractivity contribution in [3.63, 3.8) is 0 Å². The fourth-order valence-electron chi connectivity index (χ4n) is 2.18. The summed E-state index contributed by atoms with van der Waals surface area (Å²) in [6.45, 7) is 14.2. The minimum Gasteiger partial charge on any atom is -0.311 e. The zero-order chi connectivity index (χ0) is 13.1. The van der Waals surface area contributed by atoms with Crippen LogP contribution in [0.1, 0.15) is 34.6 Å². The Morgan fingerprint density at radius 1 is 1.41 bits per heavy atom. The van der Waals surface area contributed by atoms with Gasteiger partial charge in [0.2, 0.25) is 0 Å². The molecule has 0 aromatic heterocycles. The monoisotopic (exact) mass is 260 g/mol. The first-order chi connectivity index (χ1) is 7.84. The molecule has 0 spiro atoms. The van der Waals surface area contributed by atoms with Crippen molar-refractivity contribution in [3.05, 3.63) is 0 Å². The molecular formula is C13H28N2OS. The quantitative estimate of drug-likeness (QED) is 0.831. The SMILES string of the molecule is CCS(=O)CCN1CC(C(C)(C)C)NCC1C. The highest BCUT2D eigenvalue weighted by Gasteiger charge is 2.32. The lowest BCUT2D eigenvalue weighted by atomic mass is 9.85. The first kappa shape index (κ1) is 15.1. The lowest BCUT2D eigenvalue weighted by molar-refractivity contribution is 0.0994. The van der Waals surface area contributed by atoms with Crippen molar-refractivity contribution in [1.29, 1.82) is 0 Å². The van der Waals surface area contributed by atoms with Crippen molar-refractivity contribution in [2.45, 2.75) is 46.7 Å². The Balaban J connectivity index is 2.49. The van der Waals surface area contributed by atoms with Crippen LogP contribution in [0.15, 0.2) is 0 Å².